The number of carboxylic acids is 1. The third-order valence-electron chi connectivity index (χ3n) is 3.27. The number of aromatic carboxylic acids is 1. The first kappa shape index (κ1) is 13.5. The molecule has 0 amide bonds. The number of benzene rings is 1. The molecule has 2 heterocycles. The van der Waals surface area contributed by atoms with Crippen molar-refractivity contribution < 1.29 is 9.90 Å². The van der Waals surface area contributed by atoms with Crippen LogP contribution in [0.25, 0.3) is 16.7 Å². The first-order valence-corrected chi connectivity index (χ1v) is 6.57. The molecular formula is C14H11ClN4O2. The van der Waals surface area contributed by atoms with E-state index in [4.69, 9.17) is 16.7 Å². The van der Waals surface area contributed by atoms with Crippen LogP contribution in [0.5, 0.6) is 0 Å². The molecule has 106 valence electrons. The number of rotatable bonds is 2. The summed E-state index contributed by atoms with van der Waals surface area (Å²) in [7, 11) is 0. The SMILES string of the molecule is Cc1nn(-c2ncnc3cc(C(=O)O)ccc23)c(C)c1Cl. The Hall–Kier alpha value is -2.47. The maximum Gasteiger partial charge on any atom is 0.335 e. The summed E-state index contributed by atoms with van der Waals surface area (Å²) in [6.45, 7) is 3.67. The molecule has 0 fully saturated rings. The summed E-state index contributed by atoms with van der Waals surface area (Å²) in [5.74, 6) is -0.421. The summed E-state index contributed by atoms with van der Waals surface area (Å²) >= 11 is 6.16. The zero-order valence-corrected chi connectivity index (χ0v) is 12.1. The number of nitrogens with zero attached hydrogens (tertiary/aromatic N) is 4. The summed E-state index contributed by atoms with van der Waals surface area (Å²) in [4.78, 5) is 19.4. The standard InChI is InChI=1S/C14H11ClN4O2/c1-7-12(15)8(2)19(18-7)13-10-4-3-9(14(20)21)5-11(10)16-6-17-13/h3-6H,1-2H3,(H,20,21). The highest BCUT2D eigenvalue weighted by Gasteiger charge is 2.15. The van der Waals surface area contributed by atoms with Crippen LogP contribution in [0.1, 0.15) is 21.7 Å². The maximum absolute atomic E-state index is 11.0. The van der Waals surface area contributed by atoms with Gasteiger partial charge in [-0.2, -0.15) is 5.10 Å². The molecular weight excluding hydrogens is 292 g/mol. The quantitative estimate of drug-likeness (QED) is 0.787. The highest BCUT2D eigenvalue weighted by molar-refractivity contribution is 6.31. The second-order valence-electron chi connectivity index (χ2n) is 4.63. The average Bonchev–Trinajstić information content (AvgIpc) is 2.73. The van der Waals surface area contributed by atoms with Gasteiger partial charge in [0.25, 0.3) is 0 Å². The lowest BCUT2D eigenvalue weighted by atomic mass is 10.1. The molecule has 0 unspecified atom stereocenters. The lowest BCUT2D eigenvalue weighted by molar-refractivity contribution is 0.0697. The Kier molecular flexibility index (Phi) is 3.10. The van der Waals surface area contributed by atoms with Gasteiger partial charge >= 0.3 is 5.97 Å². The van der Waals surface area contributed by atoms with Gasteiger partial charge in [-0.3, -0.25) is 0 Å². The van der Waals surface area contributed by atoms with Gasteiger partial charge in [-0.05, 0) is 32.0 Å². The highest BCUT2D eigenvalue weighted by Crippen LogP contribution is 2.25. The van der Waals surface area contributed by atoms with Crippen LogP contribution in [0, 0.1) is 13.8 Å². The lowest BCUT2D eigenvalue weighted by Gasteiger charge is -2.07. The minimum Gasteiger partial charge on any atom is -0.478 e. The van der Waals surface area contributed by atoms with E-state index in [0.29, 0.717) is 27.4 Å². The molecule has 2 aromatic heterocycles. The first-order valence-electron chi connectivity index (χ1n) is 6.19. The molecule has 0 atom stereocenters. The van der Waals surface area contributed by atoms with E-state index in [9.17, 15) is 4.79 Å². The normalized spacial score (nSPS) is 11.0. The van der Waals surface area contributed by atoms with Gasteiger partial charge in [-0.25, -0.2) is 19.4 Å². The van der Waals surface area contributed by atoms with Gasteiger partial charge in [0.1, 0.15) is 6.33 Å². The van der Waals surface area contributed by atoms with Gasteiger partial charge in [-0.15, -0.1) is 0 Å². The zero-order valence-electron chi connectivity index (χ0n) is 11.3. The van der Waals surface area contributed by atoms with E-state index < -0.39 is 5.97 Å². The maximum atomic E-state index is 11.0. The van der Waals surface area contributed by atoms with Crippen LogP contribution in [-0.4, -0.2) is 30.8 Å². The number of aryl methyl sites for hydroxylation is 1. The van der Waals surface area contributed by atoms with Gasteiger partial charge in [0.2, 0.25) is 0 Å². The van der Waals surface area contributed by atoms with Crippen molar-refractivity contribution in [3.05, 3.63) is 46.5 Å². The number of halogens is 1. The third kappa shape index (κ3) is 2.13. The van der Waals surface area contributed by atoms with E-state index >= 15 is 0 Å². The number of carbonyl (C=O) groups is 1. The van der Waals surface area contributed by atoms with Crippen molar-refractivity contribution in [2.24, 2.45) is 0 Å². The molecule has 7 heteroatoms. The predicted molar refractivity (Wildman–Crippen MR) is 78.1 cm³/mol. The average molecular weight is 303 g/mol. The van der Waals surface area contributed by atoms with Gasteiger partial charge in [-0.1, -0.05) is 11.6 Å². The van der Waals surface area contributed by atoms with E-state index in [1.807, 2.05) is 13.8 Å². The molecule has 6 nitrogen and oxygen atoms in total. The number of carboxylic acid groups (broad SMARTS) is 1. The van der Waals surface area contributed by atoms with Crippen LogP contribution in [0.2, 0.25) is 5.02 Å². The monoisotopic (exact) mass is 302 g/mol. The molecule has 3 rings (SSSR count). The number of aromatic nitrogens is 4. The van der Waals surface area contributed by atoms with Crippen molar-refractivity contribution in [1.29, 1.82) is 0 Å². The Labute approximate surface area is 125 Å². The Balaban J connectivity index is 2.28. The van der Waals surface area contributed by atoms with Crippen molar-refractivity contribution in [1.82, 2.24) is 19.7 Å². The number of hydrogen-bond acceptors (Lipinski definition) is 4. The fourth-order valence-electron chi connectivity index (χ4n) is 2.17. The minimum absolute atomic E-state index is 0.179. The summed E-state index contributed by atoms with van der Waals surface area (Å²) < 4.78 is 1.64. The first-order chi connectivity index (χ1) is 9.99. The van der Waals surface area contributed by atoms with Crippen LogP contribution in [0.15, 0.2) is 24.5 Å². The molecule has 0 saturated heterocycles. The molecule has 21 heavy (non-hydrogen) atoms. The molecule has 0 aliphatic rings. The van der Waals surface area contributed by atoms with Gasteiger partial charge in [0.15, 0.2) is 5.82 Å². The highest BCUT2D eigenvalue weighted by atomic mass is 35.5. The van der Waals surface area contributed by atoms with E-state index in [1.54, 1.807) is 10.7 Å². The van der Waals surface area contributed by atoms with Gasteiger partial charge < -0.3 is 5.11 Å². The Bertz CT molecular complexity index is 873. The molecule has 3 aromatic rings. The van der Waals surface area contributed by atoms with Gasteiger partial charge in [0.05, 0.1) is 27.5 Å². The Morgan fingerprint density at radius 2 is 2.05 bits per heavy atom. The fraction of sp³-hybridized carbons (Fsp3) is 0.143. The third-order valence-corrected chi connectivity index (χ3v) is 3.81. The van der Waals surface area contributed by atoms with Crippen molar-refractivity contribution in [3.63, 3.8) is 0 Å². The van der Waals surface area contributed by atoms with Crippen LogP contribution in [0.3, 0.4) is 0 Å². The Morgan fingerprint density at radius 3 is 2.67 bits per heavy atom. The lowest BCUT2D eigenvalue weighted by Crippen LogP contribution is -2.04. The minimum atomic E-state index is -0.994. The number of hydrogen-bond donors (Lipinski definition) is 1. The van der Waals surface area contributed by atoms with Gasteiger partial charge in [0, 0.05) is 5.39 Å². The fourth-order valence-corrected chi connectivity index (χ4v) is 2.29. The van der Waals surface area contributed by atoms with Crippen molar-refractivity contribution in [2.75, 3.05) is 0 Å². The molecule has 0 aliphatic heterocycles. The number of fused-ring (bicyclic) bond motifs is 1. The molecule has 1 N–H and O–H groups in total. The summed E-state index contributed by atoms with van der Waals surface area (Å²) in [5, 5.41) is 14.7. The van der Waals surface area contributed by atoms with Crippen LogP contribution >= 0.6 is 11.6 Å². The largest absolute Gasteiger partial charge is 0.478 e. The van der Waals surface area contributed by atoms with E-state index in [0.717, 1.165) is 5.69 Å². The zero-order chi connectivity index (χ0) is 15.1. The summed E-state index contributed by atoms with van der Waals surface area (Å²) in [6.07, 6.45) is 1.38. The second kappa shape index (κ2) is 4.82. The molecule has 0 saturated carbocycles. The summed E-state index contributed by atoms with van der Waals surface area (Å²) in [6, 6.07) is 4.71. The molecule has 0 bridgehead atoms. The smallest absolute Gasteiger partial charge is 0.335 e. The second-order valence-corrected chi connectivity index (χ2v) is 5.01. The van der Waals surface area contributed by atoms with E-state index in [-0.39, 0.29) is 5.56 Å². The Morgan fingerprint density at radius 1 is 1.29 bits per heavy atom. The van der Waals surface area contributed by atoms with E-state index in [2.05, 4.69) is 15.1 Å². The van der Waals surface area contributed by atoms with Crippen LogP contribution in [-0.2, 0) is 0 Å². The van der Waals surface area contributed by atoms with Crippen LogP contribution < -0.4 is 0 Å². The van der Waals surface area contributed by atoms with Crippen molar-refractivity contribution >= 4 is 28.5 Å². The topological polar surface area (TPSA) is 80.9 Å². The molecule has 1 aromatic carbocycles. The van der Waals surface area contributed by atoms with E-state index in [1.165, 1.54) is 18.5 Å². The molecule has 0 spiro atoms. The van der Waals surface area contributed by atoms with Crippen molar-refractivity contribution in [3.8, 4) is 5.82 Å². The summed E-state index contributed by atoms with van der Waals surface area (Å²) in [5.41, 5.74) is 2.21. The van der Waals surface area contributed by atoms with Crippen molar-refractivity contribution in [2.45, 2.75) is 13.8 Å². The van der Waals surface area contributed by atoms with Crippen LogP contribution in [0.4, 0.5) is 0 Å². The molecule has 0 radical (unpaired) electrons. The predicted octanol–water partition coefficient (Wildman–Crippen LogP) is 2.78. The molecule has 0 aliphatic carbocycles.